The summed E-state index contributed by atoms with van der Waals surface area (Å²) in [5.41, 5.74) is 1.30. The van der Waals surface area contributed by atoms with E-state index in [0.29, 0.717) is 22.2 Å². The molecule has 0 aliphatic rings. The highest BCUT2D eigenvalue weighted by Crippen LogP contribution is 2.25. The van der Waals surface area contributed by atoms with E-state index >= 15 is 0 Å². The molecule has 2 heterocycles. The molecule has 0 unspecified atom stereocenters. The number of carbonyl (C=O) groups is 1. The average molecular weight is 319 g/mol. The summed E-state index contributed by atoms with van der Waals surface area (Å²) >= 11 is 7.36. The zero-order valence-electron chi connectivity index (χ0n) is 10.9. The molecule has 4 nitrogen and oxygen atoms in total. The molecule has 3 rings (SSSR count). The van der Waals surface area contributed by atoms with Gasteiger partial charge < -0.3 is 9.84 Å². The Kier molecular flexibility index (Phi) is 4.03. The fraction of sp³-hybridized carbons (Fsp3) is 0.0667. The van der Waals surface area contributed by atoms with Crippen molar-refractivity contribution in [2.45, 2.75) is 6.42 Å². The van der Waals surface area contributed by atoms with E-state index in [1.54, 1.807) is 41.7 Å². The van der Waals surface area contributed by atoms with Gasteiger partial charge in [-0.25, -0.2) is 0 Å². The van der Waals surface area contributed by atoms with Crippen LogP contribution in [-0.2, 0) is 11.2 Å². The van der Waals surface area contributed by atoms with Gasteiger partial charge in [0.15, 0.2) is 5.76 Å². The van der Waals surface area contributed by atoms with Crippen LogP contribution in [-0.4, -0.2) is 11.1 Å². The molecule has 1 N–H and O–H groups in total. The maximum atomic E-state index is 11.9. The minimum Gasteiger partial charge on any atom is -0.355 e. The summed E-state index contributed by atoms with van der Waals surface area (Å²) in [6.45, 7) is 0. The first kappa shape index (κ1) is 13.9. The van der Waals surface area contributed by atoms with Gasteiger partial charge in [0, 0.05) is 16.8 Å². The molecule has 3 aromatic rings. The first-order chi connectivity index (χ1) is 10.2. The number of benzene rings is 1. The van der Waals surface area contributed by atoms with E-state index in [-0.39, 0.29) is 12.3 Å². The van der Waals surface area contributed by atoms with Crippen molar-refractivity contribution in [1.29, 1.82) is 0 Å². The number of hydrogen-bond acceptors (Lipinski definition) is 4. The summed E-state index contributed by atoms with van der Waals surface area (Å²) in [5.74, 6) is 0.530. The van der Waals surface area contributed by atoms with Gasteiger partial charge in [0.2, 0.25) is 5.91 Å². The van der Waals surface area contributed by atoms with Crippen LogP contribution in [0.4, 0.5) is 5.69 Å². The lowest BCUT2D eigenvalue weighted by molar-refractivity contribution is -0.115. The molecule has 21 heavy (non-hydrogen) atoms. The molecule has 0 fully saturated rings. The van der Waals surface area contributed by atoms with Crippen molar-refractivity contribution >= 4 is 34.5 Å². The van der Waals surface area contributed by atoms with Gasteiger partial charge in [0.25, 0.3) is 0 Å². The monoisotopic (exact) mass is 318 g/mol. The third kappa shape index (κ3) is 3.51. The van der Waals surface area contributed by atoms with E-state index in [0.717, 1.165) is 4.88 Å². The van der Waals surface area contributed by atoms with E-state index in [9.17, 15) is 4.79 Å². The lowest BCUT2D eigenvalue weighted by Gasteiger charge is -2.03. The Labute approximate surface area is 130 Å². The number of nitrogens with zero attached hydrogens (tertiary/aromatic N) is 1. The molecule has 1 amide bonds. The zero-order valence-corrected chi connectivity index (χ0v) is 12.4. The van der Waals surface area contributed by atoms with Crippen LogP contribution in [0.3, 0.4) is 0 Å². The molecule has 0 aliphatic heterocycles. The number of hydrogen-bond donors (Lipinski definition) is 1. The van der Waals surface area contributed by atoms with Crippen LogP contribution in [0.25, 0.3) is 10.6 Å². The highest BCUT2D eigenvalue weighted by atomic mass is 35.5. The standard InChI is InChI=1S/C15H11ClN2O2S/c16-10-3-5-11(6-4-10)17-15(19)9-12-8-13(20-18-12)14-2-1-7-21-14/h1-8H,9H2,(H,17,19). The van der Waals surface area contributed by atoms with Gasteiger partial charge in [-0.15, -0.1) is 11.3 Å². The Hall–Kier alpha value is -2.11. The van der Waals surface area contributed by atoms with Crippen LogP contribution in [0.5, 0.6) is 0 Å². The van der Waals surface area contributed by atoms with Crippen LogP contribution in [0.2, 0.25) is 5.02 Å². The molecule has 0 saturated heterocycles. The fourth-order valence-corrected chi connectivity index (χ4v) is 2.63. The topological polar surface area (TPSA) is 55.1 Å². The molecule has 2 aromatic heterocycles. The number of carbonyl (C=O) groups excluding carboxylic acids is 1. The number of rotatable bonds is 4. The number of aromatic nitrogens is 1. The minimum absolute atomic E-state index is 0.150. The number of thiophene rings is 1. The van der Waals surface area contributed by atoms with Crippen LogP contribution in [0.1, 0.15) is 5.69 Å². The molecule has 106 valence electrons. The van der Waals surface area contributed by atoms with Crippen molar-refractivity contribution in [1.82, 2.24) is 5.16 Å². The van der Waals surface area contributed by atoms with Gasteiger partial charge in [0.05, 0.1) is 17.0 Å². The summed E-state index contributed by atoms with van der Waals surface area (Å²) in [6.07, 6.45) is 0.164. The summed E-state index contributed by atoms with van der Waals surface area (Å²) in [6, 6.07) is 12.6. The molecule has 0 bridgehead atoms. The van der Waals surface area contributed by atoms with Gasteiger partial charge in [-0.3, -0.25) is 4.79 Å². The van der Waals surface area contributed by atoms with Gasteiger partial charge in [-0.1, -0.05) is 22.8 Å². The van der Waals surface area contributed by atoms with Crippen molar-refractivity contribution in [3.05, 3.63) is 58.6 Å². The first-order valence-corrected chi connectivity index (χ1v) is 7.51. The molecule has 0 atom stereocenters. The smallest absolute Gasteiger partial charge is 0.230 e. The van der Waals surface area contributed by atoms with Crippen molar-refractivity contribution in [2.24, 2.45) is 0 Å². The maximum absolute atomic E-state index is 11.9. The molecule has 0 saturated carbocycles. The lowest BCUT2D eigenvalue weighted by Crippen LogP contribution is -2.14. The highest BCUT2D eigenvalue weighted by Gasteiger charge is 2.11. The predicted octanol–water partition coefficient (Wildman–Crippen LogP) is 4.24. The SMILES string of the molecule is O=C(Cc1cc(-c2cccs2)on1)Nc1ccc(Cl)cc1. The van der Waals surface area contributed by atoms with Crippen LogP contribution in [0.15, 0.2) is 52.4 Å². The van der Waals surface area contributed by atoms with Gasteiger partial charge >= 0.3 is 0 Å². The third-order valence-corrected chi connectivity index (χ3v) is 3.93. The molecule has 0 radical (unpaired) electrons. The van der Waals surface area contributed by atoms with E-state index in [1.807, 2.05) is 17.5 Å². The first-order valence-electron chi connectivity index (χ1n) is 6.25. The van der Waals surface area contributed by atoms with Crippen molar-refractivity contribution in [3.8, 4) is 10.6 Å². The number of amides is 1. The highest BCUT2D eigenvalue weighted by molar-refractivity contribution is 7.13. The normalized spacial score (nSPS) is 10.5. The van der Waals surface area contributed by atoms with Crippen molar-refractivity contribution in [3.63, 3.8) is 0 Å². The van der Waals surface area contributed by atoms with Gasteiger partial charge in [-0.05, 0) is 35.7 Å². The average Bonchev–Trinajstić information content (AvgIpc) is 3.12. The Bertz CT molecular complexity index is 735. The van der Waals surface area contributed by atoms with Crippen LogP contribution < -0.4 is 5.32 Å². The molecule has 1 aromatic carbocycles. The fourth-order valence-electron chi connectivity index (χ4n) is 1.83. The summed E-state index contributed by atoms with van der Waals surface area (Å²) in [7, 11) is 0. The summed E-state index contributed by atoms with van der Waals surface area (Å²) < 4.78 is 5.24. The second kappa shape index (κ2) is 6.11. The number of anilines is 1. The zero-order chi connectivity index (χ0) is 14.7. The second-order valence-electron chi connectivity index (χ2n) is 4.39. The summed E-state index contributed by atoms with van der Waals surface area (Å²) in [4.78, 5) is 12.9. The second-order valence-corrected chi connectivity index (χ2v) is 5.78. The van der Waals surface area contributed by atoms with Crippen LogP contribution in [0, 0.1) is 0 Å². The minimum atomic E-state index is -0.150. The lowest BCUT2D eigenvalue weighted by atomic mass is 10.2. The van der Waals surface area contributed by atoms with Gasteiger partial charge in [0.1, 0.15) is 0 Å². The Morgan fingerprint density at radius 3 is 2.81 bits per heavy atom. The van der Waals surface area contributed by atoms with Crippen molar-refractivity contribution in [2.75, 3.05) is 5.32 Å². The Morgan fingerprint density at radius 1 is 1.29 bits per heavy atom. The van der Waals surface area contributed by atoms with Crippen molar-refractivity contribution < 1.29 is 9.32 Å². The largest absolute Gasteiger partial charge is 0.355 e. The maximum Gasteiger partial charge on any atom is 0.230 e. The van der Waals surface area contributed by atoms with E-state index < -0.39 is 0 Å². The van der Waals surface area contributed by atoms with E-state index in [2.05, 4.69) is 10.5 Å². The molecular formula is C15H11ClN2O2S. The predicted molar refractivity (Wildman–Crippen MR) is 83.6 cm³/mol. The Balaban J connectivity index is 1.64. The van der Waals surface area contributed by atoms with Crippen LogP contribution >= 0.6 is 22.9 Å². The Morgan fingerprint density at radius 2 is 2.10 bits per heavy atom. The summed E-state index contributed by atoms with van der Waals surface area (Å²) in [5, 5.41) is 9.30. The number of nitrogens with one attached hydrogen (secondary N) is 1. The molecular weight excluding hydrogens is 308 g/mol. The van der Waals surface area contributed by atoms with E-state index in [4.69, 9.17) is 16.1 Å². The van der Waals surface area contributed by atoms with Gasteiger partial charge in [-0.2, -0.15) is 0 Å². The molecule has 0 aliphatic carbocycles. The van der Waals surface area contributed by atoms with E-state index in [1.165, 1.54) is 0 Å². The molecule has 0 spiro atoms. The quantitative estimate of drug-likeness (QED) is 0.783. The number of halogens is 1. The third-order valence-electron chi connectivity index (χ3n) is 2.79. The molecule has 6 heteroatoms.